The van der Waals surface area contributed by atoms with Gasteiger partial charge in [-0.3, -0.25) is 9.59 Å². The van der Waals surface area contributed by atoms with Gasteiger partial charge in [0.05, 0.1) is 16.1 Å². The first-order chi connectivity index (χ1) is 17.7. The van der Waals surface area contributed by atoms with Crippen molar-refractivity contribution in [3.05, 3.63) is 79.2 Å². The molecule has 13 heteroatoms. The van der Waals surface area contributed by atoms with Crippen LogP contribution in [0.2, 0.25) is 0 Å². The molecule has 0 bridgehead atoms. The first-order valence-electron chi connectivity index (χ1n) is 11.7. The summed E-state index contributed by atoms with van der Waals surface area (Å²) in [6.45, 7) is 4.60. The molecule has 0 aliphatic carbocycles. The number of pyridine rings is 1. The quantitative estimate of drug-likeness (QED) is 0.199. The van der Waals surface area contributed by atoms with Gasteiger partial charge in [-0.2, -0.15) is 0 Å². The molecule has 0 saturated heterocycles. The van der Waals surface area contributed by atoms with Crippen LogP contribution in [0.5, 0.6) is 0 Å². The average Bonchev–Trinajstić information content (AvgIpc) is 2.85. The lowest BCUT2D eigenvalue weighted by Gasteiger charge is -2.28. The highest BCUT2D eigenvalue weighted by atomic mass is 79.9. The first-order valence-corrected chi connectivity index (χ1v) is 12.5. The van der Waals surface area contributed by atoms with E-state index in [1.54, 1.807) is 17.2 Å². The van der Waals surface area contributed by atoms with Crippen LogP contribution in [0.4, 0.5) is 4.79 Å². The van der Waals surface area contributed by atoms with E-state index in [2.05, 4.69) is 39.6 Å². The molecule has 1 aliphatic heterocycles. The van der Waals surface area contributed by atoms with Gasteiger partial charge in [-0.05, 0) is 39.5 Å². The summed E-state index contributed by atoms with van der Waals surface area (Å²) >= 11 is 3.42. The number of rotatable bonds is 9. The Bertz CT molecular complexity index is 1090. The Hall–Kier alpha value is -3.74. The van der Waals surface area contributed by atoms with Crippen molar-refractivity contribution in [2.75, 3.05) is 26.2 Å². The van der Waals surface area contributed by atoms with Crippen LogP contribution in [0, 0.1) is 15.3 Å². The molecule has 1 aliphatic rings. The number of aromatic nitrogens is 1. The van der Waals surface area contributed by atoms with E-state index in [0.717, 1.165) is 29.4 Å². The zero-order valence-electron chi connectivity index (χ0n) is 20.5. The van der Waals surface area contributed by atoms with Crippen LogP contribution in [0.1, 0.15) is 41.3 Å². The number of hydrogen-bond acceptors (Lipinski definition) is 7. The van der Waals surface area contributed by atoms with Gasteiger partial charge in [-0.25, -0.2) is 9.36 Å². The Morgan fingerprint density at radius 3 is 2.54 bits per heavy atom. The number of ether oxygens (including phenoxy) is 1. The minimum atomic E-state index is -1.75. The molecule has 2 heterocycles. The summed E-state index contributed by atoms with van der Waals surface area (Å²) in [6.07, 6.45) is 5.26. The molecule has 2 aromatic rings. The predicted molar refractivity (Wildman–Crippen MR) is 137 cm³/mol. The molecule has 3 rings (SSSR count). The Balaban J connectivity index is 0.00000112. The number of nitrogens with one attached hydrogen (secondary N) is 2. The van der Waals surface area contributed by atoms with E-state index in [1.807, 2.05) is 29.0 Å². The summed E-state index contributed by atoms with van der Waals surface area (Å²) in [5.41, 5.74) is 2.94. The van der Waals surface area contributed by atoms with Gasteiger partial charge in [0.1, 0.15) is 18.7 Å². The highest BCUT2D eigenvalue weighted by Gasteiger charge is 2.21. The Labute approximate surface area is 222 Å². The molecule has 3 amide bonds. The van der Waals surface area contributed by atoms with Crippen LogP contribution >= 0.6 is 15.9 Å². The number of nitrogens with zero attached hydrogens (tertiary/aromatic N) is 3. The summed E-state index contributed by atoms with van der Waals surface area (Å²) in [5, 5.41) is 20.2. The lowest BCUT2D eigenvalue weighted by Crippen LogP contribution is -2.38. The van der Waals surface area contributed by atoms with Gasteiger partial charge < -0.3 is 35.6 Å². The lowest BCUT2D eigenvalue weighted by molar-refractivity contribution is -0.697. The maximum atomic E-state index is 12.4. The van der Waals surface area contributed by atoms with E-state index in [0.29, 0.717) is 18.7 Å². The number of halogens is 1. The number of carbonyl (C=O) groups is 3. The summed E-state index contributed by atoms with van der Waals surface area (Å²) in [4.78, 5) is 46.6. The zero-order valence-corrected chi connectivity index (χ0v) is 22.1. The van der Waals surface area contributed by atoms with Gasteiger partial charge in [0.25, 0.3) is 5.91 Å². The van der Waals surface area contributed by atoms with Crippen molar-refractivity contribution in [1.82, 2.24) is 15.5 Å². The van der Waals surface area contributed by atoms with Crippen molar-refractivity contribution >= 4 is 33.8 Å². The third-order valence-corrected chi connectivity index (χ3v) is 5.74. The molecule has 0 fully saturated rings. The lowest BCUT2D eigenvalue weighted by atomic mass is 10.0. The fourth-order valence-electron chi connectivity index (χ4n) is 3.66. The van der Waals surface area contributed by atoms with Crippen molar-refractivity contribution < 1.29 is 28.8 Å². The number of fused-ring (bicyclic) bond motifs is 1. The Kier molecular flexibility index (Phi) is 12.3. The van der Waals surface area contributed by atoms with Crippen molar-refractivity contribution in [1.29, 1.82) is 0 Å². The minimum Gasteiger partial charge on any atom is -0.448 e. The maximum absolute atomic E-state index is 12.4. The van der Waals surface area contributed by atoms with Gasteiger partial charge in [-0.15, -0.1) is 0 Å². The Morgan fingerprint density at radius 1 is 1.14 bits per heavy atom. The second-order valence-corrected chi connectivity index (χ2v) is 9.03. The van der Waals surface area contributed by atoms with Crippen LogP contribution in [0.3, 0.4) is 0 Å². The van der Waals surface area contributed by atoms with E-state index < -0.39 is 5.09 Å². The SMILES string of the molecule is CCC[n+]1cc(Br)cc(C(=O)NCCC(=O)NCCOC(=O)N2CCc3ccccc3C2)c1.O=[N+]([O-])[O-]. The van der Waals surface area contributed by atoms with Crippen molar-refractivity contribution in [3.8, 4) is 0 Å². The maximum Gasteiger partial charge on any atom is 0.410 e. The zero-order chi connectivity index (χ0) is 27.2. The summed E-state index contributed by atoms with van der Waals surface area (Å²) in [5.74, 6) is -0.445. The molecule has 0 saturated carbocycles. The van der Waals surface area contributed by atoms with E-state index in [4.69, 9.17) is 20.1 Å². The Morgan fingerprint density at radius 2 is 1.84 bits per heavy atom. The fourth-order valence-corrected chi connectivity index (χ4v) is 4.17. The normalized spacial score (nSPS) is 11.9. The summed E-state index contributed by atoms with van der Waals surface area (Å²) in [6, 6.07) is 9.82. The van der Waals surface area contributed by atoms with E-state index in [9.17, 15) is 14.4 Å². The highest BCUT2D eigenvalue weighted by Crippen LogP contribution is 2.18. The number of aryl methyl sites for hydroxylation is 1. The van der Waals surface area contributed by atoms with Crippen LogP contribution in [-0.2, 0) is 29.0 Å². The molecular formula is C24H30BrN5O7. The van der Waals surface area contributed by atoms with Gasteiger partial charge in [0, 0.05) is 32.5 Å². The highest BCUT2D eigenvalue weighted by molar-refractivity contribution is 9.10. The molecular weight excluding hydrogens is 550 g/mol. The van der Waals surface area contributed by atoms with E-state index >= 15 is 0 Å². The van der Waals surface area contributed by atoms with Gasteiger partial charge in [0.15, 0.2) is 12.4 Å². The molecule has 0 spiro atoms. The molecule has 0 unspecified atom stereocenters. The standard InChI is InChI=1S/C24H29BrN4O4.NO3/c1-2-11-28-15-20(14-21(25)17-28)23(31)27-9-7-22(30)26-10-13-33-24(32)29-12-8-18-5-3-4-6-19(18)16-29;2-1(3)4/h3-6,14-15,17H,2,7-13,16H2,1H3,(H-,26,27,30,31);/q;-1/p+1. The number of carbonyl (C=O) groups excluding carboxylic acids is 3. The van der Waals surface area contributed by atoms with E-state index in [-0.39, 0.29) is 44.0 Å². The van der Waals surface area contributed by atoms with Crippen LogP contribution in [0.15, 0.2) is 47.2 Å². The molecule has 1 aromatic heterocycles. The number of amides is 3. The van der Waals surface area contributed by atoms with Crippen LogP contribution in [-0.4, -0.2) is 54.1 Å². The number of hydrogen-bond donors (Lipinski definition) is 2. The topological polar surface area (TPSA) is 158 Å². The van der Waals surface area contributed by atoms with Crippen molar-refractivity contribution in [2.24, 2.45) is 0 Å². The first kappa shape index (κ1) is 29.5. The second kappa shape index (κ2) is 15.4. The van der Waals surface area contributed by atoms with Crippen LogP contribution < -0.4 is 15.2 Å². The second-order valence-electron chi connectivity index (χ2n) is 8.11. The third-order valence-electron chi connectivity index (χ3n) is 5.31. The largest absolute Gasteiger partial charge is 0.448 e. The minimum absolute atomic E-state index is 0.102. The molecule has 200 valence electrons. The average molecular weight is 580 g/mol. The van der Waals surface area contributed by atoms with Crippen molar-refractivity contribution in [2.45, 2.75) is 39.3 Å². The number of benzene rings is 1. The fraction of sp³-hybridized carbons (Fsp3) is 0.417. The molecule has 12 nitrogen and oxygen atoms in total. The summed E-state index contributed by atoms with van der Waals surface area (Å²) in [7, 11) is 0. The molecule has 1 aromatic carbocycles. The molecule has 37 heavy (non-hydrogen) atoms. The predicted octanol–water partition coefficient (Wildman–Crippen LogP) is 2.34. The van der Waals surface area contributed by atoms with Crippen LogP contribution in [0.25, 0.3) is 0 Å². The monoisotopic (exact) mass is 579 g/mol. The van der Waals surface area contributed by atoms with Gasteiger partial charge >= 0.3 is 6.09 Å². The molecule has 2 N–H and O–H groups in total. The van der Waals surface area contributed by atoms with Gasteiger partial charge in [-0.1, -0.05) is 31.2 Å². The third kappa shape index (κ3) is 10.8. The van der Waals surface area contributed by atoms with Gasteiger partial charge in [0.2, 0.25) is 5.91 Å². The van der Waals surface area contributed by atoms with E-state index in [1.165, 1.54) is 5.56 Å². The smallest absolute Gasteiger partial charge is 0.410 e. The van der Waals surface area contributed by atoms with Crippen molar-refractivity contribution in [3.63, 3.8) is 0 Å². The molecule has 0 atom stereocenters. The molecule has 0 radical (unpaired) electrons. The summed E-state index contributed by atoms with van der Waals surface area (Å²) < 4.78 is 8.06.